The Kier molecular flexibility index (Phi) is 65.8. The van der Waals surface area contributed by atoms with E-state index in [9.17, 15) is 0 Å². The molecule has 2 atom stereocenters. The highest BCUT2D eigenvalue weighted by molar-refractivity contribution is 4.69. The van der Waals surface area contributed by atoms with Gasteiger partial charge in [-0.3, -0.25) is 0 Å². The summed E-state index contributed by atoms with van der Waals surface area (Å²) in [5.41, 5.74) is 0. The zero-order valence-corrected chi connectivity index (χ0v) is 52.6. The largest absolute Gasteiger partial charge is 1.00 e. The van der Waals surface area contributed by atoms with E-state index in [-0.39, 0.29) is 12.4 Å². The van der Waals surface area contributed by atoms with Crippen molar-refractivity contribution in [3.05, 3.63) is 0 Å². The van der Waals surface area contributed by atoms with Crippen LogP contribution in [0.2, 0.25) is 0 Å². The van der Waals surface area contributed by atoms with Crippen LogP contribution in [0.15, 0.2) is 0 Å². The third-order valence-corrected chi connectivity index (χ3v) is 17.9. The lowest BCUT2D eigenvalue weighted by molar-refractivity contribution is -0.940. The lowest BCUT2D eigenvalue weighted by Gasteiger charge is -2.45. The molecule has 436 valence electrons. The molecule has 0 bridgehead atoms. The van der Waals surface area contributed by atoms with Crippen LogP contribution >= 0.6 is 0 Å². The molecule has 0 fully saturated rings. The summed E-state index contributed by atoms with van der Waals surface area (Å²) in [5.74, 6) is 0. The molecule has 0 rings (SSSR count). The predicted octanol–water partition coefficient (Wildman–Crippen LogP) is 23.1. The van der Waals surface area contributed by atoms with Gasteiger partial charge in [0.05, 0.1) is 26.2 Å². The molecule has 0 N–H and O–H groups in total. The molecule has 0 heterocycles. The minimum absolute atomic E-state index is 0. The van der Waals surface area contributed by atoms with Crippen molar-refractivity contribution in [1.29, 1.82) is 0 Å². The number of nitrogens with zero attached hydrogens (tertiary/aromatic N) is 1. The maximum Gasteiger partial charge on any atom is 0.0888 e. The van der Waals surface area contributed by atoms with Crippen molar-refractivity contribution in [3.8, 4) is 0 Å². The third kappa shape index (κ3) is 55.0. The maximum atomic E-state index is 2.73. The molecule has 2 heteroatoms. The second-order valence-electron chi connectivity index (χ2n) is 25.2. The highest BCUT2D eigenvalue weighted by Crippen LogP contribution is 2.31. The minimum atomic E-state index is 0. The SMILES string of the molecule is CCCCCCCCCCCCCCCCCCC(CCCCCCCCCCCCCCC)[N+](C)(C)C(CCCCCCCCCCCCCCC)CCCCCCCCCCCCCCCCCC.[Cl-]. The highest BCUT2D eigenvalue weighted by Gasteiger charge is 2.35. The van der Waals surface area contributed by atoms with Crippen LogP contribution in [-0.2, 0) is 0 Å². The second kappa shape index (κ2) is 63.8. The van der Waals surface area contributed by atoms with Crippen molar-refractivity contribution in [3.63, 3.8) is 0 Å². The molecule has 0 aliphatic carbocycles. The fourth-order valence-electron chi connectivity index (χ4n) is 12.6. The average Bonchev–Trinajstić information content (AvgIpc) is 3.37. The van der Waals surface area contributed by atoms with Crippen molar-refractivity contribution in [2.75, 3.05) is 14.1 Å². The Morgan fingerprint density at radius 3 is 0.375 bits per heavy atom. The zero-order valence-electron chi connectivity index (χ0n) is 51.8. The molecule has 0 aromatic rings. The maximum absolute atomic E-state index is 2.73. The topological polar surface area (TPSA) is 0 Å². The van der Waals surface area contributed by atoms with Crippen LogP contribution in [0.25, 0.3) is 0 Å². The van der Waals surface area contributed by atoms with Gasteiger partial charge in [-0.2, -0.15) is 0 Å². The van der Waals surface area contributed by atoms with Crippen molar-refractivity contribution in [1.82, 2.24) is 0 Å². The Morgan fingerprint density at radius 1 is 0.167 bits per heavy atom. The molecular weight excluding hydrogens is 890 g/mol. The molecule has 0 aliphatic rings. The highest BCUT2D eigenvalue weighted by atomic mass is 35.5. The molecule has 0 radical (unpaired) electrons. The smallest absolute Gasteiger partial charge is 0.0888 e. The molecule has 0 saturated carbocycles. The summed E-state index contributed by atoms with van der Waals surface area (Å²) in [6, 6.07) is 1.73. The zero-order chi connectivity index (χ0) is 51.5. The molecule has 0 aromatic carbocycles. The van der Waals surface area contributed by atoms with Gasteiger partial charge in [0.1, 0.15) is 0 Å². The number of halogens is 1. The quantitative estimate of drug-likeness (QED) is 0.0421. The first-order chi connectivity index (χ1) is 35.0. The van der Waals surface area contributed by atoms with E-state index in [2.05, 4.69) is 41.8 Å². The van der Waals surface area contributed by atoms with Gasteiger partial charge in [0.15, 0.2) is 0 Å². The van der Waals surface area contributed by atoms with Crippen molar-refractivity contribution in [2.24, 2.45) is 0 Å². The molecule has 72 heavy (non-hydrogen) atoms. The normalized spacial score (nSPS) is 12.8. The van der Waals surface area contributed by atoms with E-state index in [0.717, 1.165) is 12.1 Å². The van der Waals surface area contributed by atoms with Crippen LogP contribution in [0.4, 0.5) is 0 Å². The van der Waals surface area contributed by atoms with E-state index in [0.29, 0.717) is 0 Å². The first kappa shape index (κ1) is 74.3. The third-order valence-electron chi connectivity index (χ3n) is 17.9. The monoisotopic (exact) mass is 1030 g/mol. The fraction of sp³-hybridized carbons (Fsp3) is 1.00. The minimum Gasteiger partial charge on any atom is -1.00 e. The van der Waals surface area contributed by atoms with E-state index in [1.807, 2.05) is 0 Å². The first-order valence-electron chi connectivity index (χ1n) is 34.9. The number of unbranched alkanes of at least 4 members (excludes halogenated alkanes) is 54. The standard InChI is InChI=1S/C70H144N.ClH/c1-7-11-15-19-23-27-31-35-37-39-43-47-51-55-59-63-67-69(65-61-57-53-49-45-41-33-29-25-21-17-13-9-3)71(5,6)70(66-62-58-54-50-46-42-34-30-26-22-18-14-10-4)68-64-60-56-52-48-44-40-38-36-32-28-24-20-16-12-8-2;/h69-70H,7-68H2,1-6H3;1H/q+1;/p-1. The summed E-state index contributed by atoms with van der Waals surface area (Å²) in [6.07, 6.45) is 91.3. The van der Waals surface area contributed by atoms with E-state index in [1.165, 1.54) is 403 Å². The van der Waals surface area contributed by atoms with E-state index >= 15 is 0 Å². The van der Waals surface area contributed by atoms with Gasteiger partial charge in [0, 0.05) is 0 Å². The first-order valence-corrected chi connectivity index (χ1v) is 34.9. The van der Waals surface area contributed by atoms with Crippen LogP contribution < -0.4 is 12.4 Å². The second-order valence-corrected chi connectivity index (χ2v) is 25.2. The Morgan fingerprint density at radius 2 is 0.264 bits per heavy atom. The molecule has 0 amide bonds. The summed E-state index contributed by atoms with van der Waals surface area (Å²) in [5, 5.41) is 0. The summed E-state index contributed by atoms with van der Waals surface area (Å²) < 4.78 is 1.33. The molecule has 0 saturated heterocycles. The average molecular weight is 1040 g/mol. The number of hydrogen-bond acceptors (Lipinski definition) is 0. The van der Waals surface area contributed by atoms with Crippen LogP contribution in [0.5, 0.6) is 0 Å². The van der Waals surface area contributed by atoms with Crippen LogP contribution in [0.3, 0.4) is 0 Å². The summed E-state index contributed by atoms with van der Waals surface area (Å²) in [4.78, 5) is 0. The Labute approximate surface area is 466 Å². The van der Waals surface area contributed by atoms with Crippen LogP contribution in [0.1, 0.15) is 426 Å². The van der Waals surface area contributed by atoms with Gasteiger partial charge >= 0.3 is 0 Å². The van der Waals surface area contributed by atoms with Gasteiger partial charge in [-0.05, 0) is 51.4 Å². The van der Waals surface area contributed by atoms with Crippen molar-refractivity contribution >= 4 is 0 Å². The van der Waals surface area contributed by atoms with Crippen LogP contribution in [0, 0.1) is 0 Å². The van der Waals surface area contributed by atoms with E-state index in [1.54, 1.807) is 0 Å². The Bertz CT molecular complexity index is 858. The molecule has 1 nitrogen and oxygen atoms in total. The van der Waals surface area contributed by atoms with Crippen molar-refractivity contribution in [2.45, 2.75) is 438 Å². The Balaban J connectivity index is 0. The van der Waals surface area contributed by atoms with Crippen molar-refractivity contribution < 1.29 is 16.9 Å². The van der Waals surface area contributed by atoms with Gasteiger partial charge in [0.2, 0.25) is 0 Å². The lowest BCUT2D eigenvalue weighted by Crippen LogP contribution is -3.00. The van der Waals surface area contributed by atoms with Gasteiger partial charge in [-0.1, -0.05) is 374 Å². The fourth-order valence-corrected chi connectivity index (χ4v) is 12.6. The number of hydrogen-bond donors (Lipinski definition) is 0. The summed E-state index contributed by atoms with van der Waals surface area (Å²) >= 11 is 0. The molecule has 2 unspecified atom stereocenters. The molecule has 0 aliphatic heterocycles. The Hall–Kier alpha value is 0.250. The van der Waals surface area contributed by atoms with Crippen LogP contribution in [-0.4, -0.2) is 30.7 Å². The summed E-state index contributed by atoms with van der Waals surface area (Å²) in [6.45, 7) is 9.33. The molecule has 0 aromatic heterocycles. The van der Waals surface area contributed by atoms with E-state index < -0.39 is 0 Å². The van der Waals surface area contributed by atoms with E-state index in [4.69, 9.17) is 0 Å². The van der Waals surface area contributed by atoms with Gasteiger partial charge in [-0.25, -0.2) is 0 Å². The number of quaternary nitrogens is 1. The molecular formula is C70H144ClN. The number of rotatable bonds is 64. The van der Waals surface area contributed by atoms with Gasteiger partial charge in [-0.15, -0.1) is 0 Å². The van der Waals surface area contributed by atoms with Gasteiger partial charge < -0.3 is 16.9 Å². The van der Waals surface area contributed by atoms with Gasteiger partial charge in [0.25, 0.3) is 0 Å². The summed E-state index contributed by atoms with van der Waals surface area (Å²) in [7, 11) is 5.47. The lowest BCUT2D eigenvalue weighted by atomic mass is 9.91. The molecule has 0 spiro atoms. The predicted molar refractivity (Wildman–Crippen MR) is 329 cm³/mol.